The maximum atomic E-state index is 12.8. The van der Waals surface area contributed by atoms with E-state index < -0.39 is 5.91 Å². The Kier molecular flexibility index (Phi) is 5.23. The molecule has 0 saturated heterocycles. The molecule has 1 amide bonds. The fraction of sp³-hybridized carbons (Fsp3) is 0.167. The largest absolute Gasteiger partial charge is 0.342 e. The summed E-state index contributed by atoms with van der Waals surface area (Å²) in [5, 5.41) is 17.6. The summed E-state index contributed by atoms with van der Waals surface area (Å²) in [5.41, 5.74) is 3.10. The van der Waals surface area contributed by atoms with Crippen LogP contribution in [0.25, 0.3) is 17.0 Å². The highest BCUT2D eigenvalue weighted by atomic mass is 35.5. The molecule has 2 aliphatic heterocycles. The lowest BCUT2D eigenvalue weighted by Gasteiger charge is -2.20. The number of hydrogen-bond donors (Lipinski definition) is 1. The number of para-hydroxylation sites is 1. The number of aromatic nitrogens is 1. The van der Waals surface area contributed by atoms with E-state index >= 15 is 0 Å². The van der Waals surface area contributed by atoms with Gasteiger partial charge in [-0.05, 0) is 35.5 Å². The van der Waals surface area contributed by atoms with E-state index in [2.05, 4.69) is 14.7 Å². The van der Waals surface area contributed by atoms with Gasteiger partial charge in [0, 0.05) is 40.1 Å². The summed E-state index contributed by atoms with van der Waals surface area (Å²) < 4.78 is 2.11. The number of hydrazone groups is 1. The van der Waals surface area contributed by atoms with Gasteiger partial charge in [0.1, 0.15) is 5.04 Å². The Labute approximate surface area is 194 Å². The van der Waals surface area contributed by atoms with Gasteiger partial charge in [0.05, 0.1) is 5.57 Å². The highest BCUT2D eigenvalue weighted by Gasteiger charge is 2.36. The van der Waals surface area contributed by atoms with Crippen molar-refractivity contribution in [1.82, 2.24) is 9.58 Å². The Hall–Kier alpha value is -3.16. The second-order valence-corrected chi connectivity index (χ2v) is 9.33. The molecule has 6 nitrogen and oxygen atoms in total. The molecule has 2 aliphatic rings. The molecule has 0 saturated carbocycles. The van der Waals surface area contributed by atoms with Crippen molar-refractivity contribution in [3.63, 3.8) is 0 Å². The van der Waals surface area contributed by atoms with E-state index in [9.17, 15) is 4.79 Å². The fourth-order valence-electron chi connectivity index (χ4n) is 3.73. The minimum atomic E-state index is -0.420. The molecule has 3 heterocycles. The van der Waals surface area contributed by atoms with Gasteiger partial charge in [-0.25, -0.2) is 0 Å². The zero-order valence-corrected chi connectivity index (χ0v) is 19.1. The van der Waals surface area contributed by atoms with Crippen LogP contribution < -0.4 is 0 Å². The van der Waals surface area contributed by atoms with Crippen LogP contribution in [0.1, 0.15) is 25.0 Å². The Balaban J connectivity index is 1.57. The zero-order valence-electron chi connectivity index (χ0n) is 17.5. The number of nitrogens with zero attached hydrogens (tertiary/aromatic N) is 4. The first kappa shape index (κ1) is 20.7. The number of fused-ring (bicyclic) bond motifs is 2. The number of benzene rings is 2. The summed E-state index contributed by atoms with van der Waals surface area (Å²) in [7, 11) is 0. The minimum absolute atomic E-state index is 0.0473. The standard InChI is InChI=1S/C24H20ClN5OS/c1-14(2)23-28-30-21(26)18(22(31)27-24(30)32-23)11-16-13-29(20-10-6-4-8-17(16)20)12-15-7-3-5-9-19(15)25/h3-11,13-14,26H,12H2,1-2H3/b18-11-,26-21?. The first-order valence-corrected chi connectivity index (χ1v) is 11.4. The minimum Gasteiger partial charge on any atom is -0.342 e. The average Bonchev–Trinajstić information content (AvgIpc) is 3.35. The van der Waals surface area contributed by atoms with Crippen molar-refractivity contribution in [2.24, 2.45) is 16.0 Å². The molecule has 0 bridgehead atoms. The second-order valence-electron chi connectivity index (χ2n) is 7.93. The summed E-state index contributed by atoms with van der Waals surface area (Å²) in [6.07, 6.45) is 3.73. The average molecular weight is 462 g/mol. The summed E-state index contributed by atoms with van der Waals surface area (Å²) >= 11 is 7.73. The van der Waals surface area contributed by atoms with Crippen LogP contribution in [0.5, 0.6) is 0 Å². The van der Waals surface area contributed by atoms with Crippen molar-refractivity contribution in [3.8, 4) is 0 Å². The predicted molar refractivity (Wildman–Crippen MR) is 132 cm³/mol. The number of hydrogen-bond acceptors (Lipinski definition) is 4. The molecule has 0 unspecified atom stereocenters. The van der Waals surface area contributed by atoms with E-state index in [1.807, 2.05) is 68.6 Å². The SMILES string of the molecule is CC(C)C1=NN2C(=N)/C(=C/c3cn(Cc4ccccc4Cl)c4ccccc34)C(=O)N=C2S1. The van der Waals surface area contributed by atoms with Crippen molar-refractivity contribution in [3.05, 3.63) is 76.5 Å². The van der Waals surface area contributed by atoms with Gasteiger partial charge in [-0.15, -0.1) is 0 Å². The molecule has 2 aromatic carbocycles. The molecule has 0 radical (unpaired) electrons. The number of amidine groups is 2. The van der Waals surface area contributed by atoms with Crippen molar-refractivity contribution >= 4 is 62.3 Å². The molecule has 0 atom stereocenters. The molecule has 1 N–H and O–H groups in total. The van der Waals surface area contributed by atoms with Crippen molar-refractivity contribution in [2.75, 3.05) is 0 Å². The maximum Gasteiger partial charge on any atom is 0.283 e. The highest BCUT2D eigenvalue weighted by Crippen LogP contribution is 2.32. The van der Waals surface area contributed by atoms with Crippen molar-refractivity contribution < 1.29 is 4.79 Å². The van der Waals surface area contributed by atoms with Crippen LogP contribution >= 0.6 is 23.4 Å². The lowest BCUT2D eigenvalue weighted by atomic mass is 10.1. The molecular weight excluding hydrogens is 442 g/mol. The molecule has 8 heteroatoms. The number of carbonyl (C=O) groups is 1. The Morgan fingerprint density at radius 1 is 1.16 bits per heavy atom. The van der Waals surface area contributed by atoms with Gasteiger partial charge in [-0.2, -0.15) is 15.1 Å². The highest BCUT2D eigenvalue weighted by molar-refractivity contribution is 8.27. The van der Waals surface area contributed by atoms with Gasteiger partial charge < -0.3 is 4.57 Å². The van der Waals surface area contributed by atoms with E-state index in [-0.39, 0.29) is 17.3 Å². The number of aliphatic imine (C=N–C) groups is 1. The number of amides is 1. The topological polar surface area (TPSA) is 73.8 Å². The zero-order chi connectivity index (χ0) is 22.4. The van der Waals surface area contributed by atoms with Crippen LogP contribution in [0.3, 0.4) is 0 Å². The molecule has 0 fully saturated rings. The lowest BCUT2D eigenvalue weighted by molar-refractivity contribution is -0.114. The Bertz CT molecular complexity index is 1370. The van der Waals surface area contributed by atoms with Crippen molar-refractivity contribution in [1.29, 1.82) is 5.41 Å². The number of thioether (sulfide) groups is 1. The second kappa shape index (κ2) is 8.07. The third-order valence-electron chi connectivity index (χ3n) is 5.38. The first-order chi connectivity index (χ1) is 15.4. The van der Waals surface area contributed by atoms with Gasteiger partial charge in [0.15, 0.2) is 5.84 Å². The lowest BCUT2D eigenvalue weighted by Crippen LogP contribution is -2.35. The third-order valence-corrected chi connectivity index (χ3v) is 6.96. The summed E-state index contributed by atoms with van der Waals surface area (Å²) in [4.78, 5) is 17.0. The van der Waals surface area contributed by atoms with Crippen LogP contribution in [0.2, 0.25) is 5.02 Å². The maximum absolute atomic E-state index is 12.8. The molecule has 3 aromatic rings. The smallest absolute Gasteiger partial charge is 0.283 e. The monoisotopic (exact) mass is 461 g/mol. The molecule has 160 valence electrons. The molecule has 0 aliphatic carbocycles. The molecule has 1 aromatic heterocycles. The first-order valence-electron chi connectivity index (χ1n) is 10.2. The van der Waals surface area contributed by atoms with E-state index in [1.165, 1.54) is 16.8 Å². The molecular formula is C24H20ClN5OS. The molecule has 0 spiro atoms. The van der Waals surface area contributed by atoms with Gasteiger partial charge in [-0.1, -0.05) is 61.8 Å². The van der Waals surface area contributed by atoms with E-state index in [4.69, 9.17) is 17.0 Å². The van der Waals surface area contributed by atoms with Crippen LogP contribution in [-0.2, 0) is 11.3 Å². The van der Waals surface area contributed by atoms with E-state index in [1.54, 1.807) is 6.08 Å². The fourth-order valence-corrected chi connectivity index (χ4v) is 4.81. The summed E-state index contributed by atoms with van der Waals surface area (Å²) in [5.74, 6) is -0.172. The Morgan fingerprint density at radius 3 is 2.69 bits per heavy atom. The van der Waals surface area contributed by atoms with E-state index in [0.29, 0.717) is 16.7 Å². The van der Waals surface area contributed by atoms with Gasteiger partial charge in [0.2, 0.25) is 5.17 Å². The predicted octanol–water partition coefficient (Wildman–Crippen LogP) is 5.62. The van der Waals surface area contributed by atoms with Crippen LogP contribution in [0.15, 0.2) is 70.4 Å². The Morgan fingerprint density at radius 2 is 1.91 bits per heavy atom. The number of halogens is 1. The summed E-state index contributed by atoms with van der Waals surface area (Å²) in [6, 6.07) is 15.7. The van der Waals surface area contributed by atoms with Crippen molar-refractivity contribution in [2.45, 2.75) is 20.4 Å². The molecule has 5 rings (SSSR count). The van der Waals surface area contributed by atoms with Gasteiger partial charge >= 0.3 is 0 Å². The number of nitrogens with one attached hydrogen (secondary N) is 1. The number of carbonyl (C=O) groups excluding carboxylic acids is 1. The number of rotatable bonds is 4. The summed E-state index contributed by atoms with van der Waals surface area (Å²) in [6.45, 7) is 4.66. The molecule has 32 heavy (non-hydrogen) atoms. The van der Waals surface area contributed by atoms with Gasteiger partial charge in [-0.3, -0.25) is 10.2 Å². The van der Waals surface area contributed by atoms with Crippen LogP contribution in [0, 0.1) is 11.3 Å². The third kappa shape index (κ3) is 3.57. The van der Waals surface area contributed by atoms with E-state index in [0.717, 1.165) is 27.1 Å². The van der Waals surface area contributed by atoms with Crippen LogP contribution in [-0.4, -0.2) is 31.5 Å². The normalized spacial score (nSPS) is 17.4. The quantitative estimate of drug-likeness (QED) is 0.512. The van der Waals surface area contributed by atoms with Gasteiger partial charge in [0.25, 0.3) is 5.91 Å². The van der Waals surface area contributed by atoms with Crippen LogP contribution in [0.4, 0.5) is 0 Å².